The number of rotatable bonds is 14. The van der Waals surface area contributed by atoms with Crippen molar-refractivity contribution in [1.29, 1.82) is 0 Å². The van der Waals surface area contributed by atoms with E-state index in [1.807, 2.05) is 12.1 Å². The van der Waals surface area contributed by atoms with Crippen molar-refractivity contribution in [1.82, 2.24) is 0 Å². The van der Waals surface area contributed by atoms with Crippen LogP contribution in [0.2, 0.25) is 0 Å². The Balaban J connectivity index is 0. The van der Waals surface area contributed by atoms with Gasteiger partial charge in [-0.15, -0.1) is 5.46 Å². The molecule has 0 saturated heterocycles. The summed E-state index contributed by atoms with van der Waals surface area (Å²) in [6, 6.07) is 7.14. The van der Waals surface area contributed by atoms with Crippen molar-refractivity contribution in [3.8, 4) is 0 Å². The first-order valence-electron chi connectivity index (χ1n) is 12.1. The SMILES string of the molecule is CCCCCCCCc1ccc(B([O-])[O-])cc1.CCCCC[NH3+].CCCCC[NH3+]. The van der Waals surface area contributed by atoms with Gasteiger partial charge in [-0.3, -0.25) is 0 Å². The van der Waals surface area contributed by atoms with Gasteiger partial charge in [-0.2, -0.15) is 0 Å². The first-order valence-corrected chi connectivity index (χ1v) is 12.1. The van der Waals surface area contributed by atoms with Crippen LogP contribution in [0.4, 0.5) is 0 Å². The molecule has 6 N–H and O–H groups in total. The van der Waals surface area contributed by atoms with Crippen LogP contribution in [0.15, 0.2) is 24.3 Å². The van der Waals surface area contributed by atoms with Crippen LogP contribution < -0.4 is 27.0 Å². The summed E-state index contributed by atoms with van der Waals surface area (Å²) >= 11 is 0. The zero-order valence-corrected chi connectivity index (χ0v) is 19.7. The van der Waals surface area contributed by atoms with E-state index in [9.17, 15) is 10.0 Å². The molecule has 29 heavy (non-hydrogen) atoms. The molecule has 4 nitrogen and oxygen atoms in total. The van der Waals surface area contributed by atoms with Crippen LogP contribution in [-0.2, 0) is 6.42 Å². The van der Waals surface area contributed by atoms with Crippen molar-refractivity contribution in [2.45, 2.75) is 104 Å². The van der Waals surface area contributed by atoms with E-state index < -0.39 is 7.12 Å². The summed E-state index contributed by atoms with van der Waals surface area (Å²) < 4.78 is 0. The molecule has 0 bridgehead atoms. The number of unbranched alkanes of at least 4 members (excludes halogenated alkanes) is 9. The van der Waals surface area contributed by atoms with Crippen molar-refractivity contribution in [2.75, 3.05) is 13.1 Å². The lowest BCUT2D eigenvalue weighted by Gasteiger charge is -2.26. The predicted octanol–water partition coefficient (Wildman–Crippen LogP) is 1.84. The van der Waals surface area contributed by atoms with E-state index in [1.54, 1.807) is 12.1 Å². The minimum Gasteiger partial charge on any atom is -0.889 e. The van der Waals surface area contributed by atoms with Gasteiger partial charge in [-0.05, 0) is 44.1 Å². The number of hydrogen-bond acceptors (Lipinski definition) is 2. The van der Waals surface area contributed by atoms with E-state index in [4.69, 9.17) is 0 Å². The van der Waals surface area contributed by atoms with Gasteiger partial charge in [0.25, 0.3) is 0 Å². The quantitative estimate of drug-likeness (QED) is 0.362. The van der Waals surface area contributed by atoms with Crippen molar-refractivity contribution in [2.24, 2.45) is 0 Å². The molecule has 0 atom stereocenters. The first kappa shape index (κ1) is 30.3. The molecule has 0 fully saturated rings. The van der Waals surface area contributed by atoms with Crippen molar-refractivity contribution in [3.05, 3.63) is 29.8 Å². The highest BCUT2D eigenvalue weighted by atomic mass is 16.4. The molecule has 0 aliphatic rings. The van der Waals surface area contributed by atoms with Gasteiger partial charge in [0.2, 0.25) is 0 Å². The molecular weight excluding hydrogens is 359 g/mol. The van der Waals surface area contributed by atoms with Crippen molar-refractivity contribution < 1.29 is 21.5 Å². The third kappa shape index (κ3) is 23.3. The maximum Gasteiger partial charge on any atom is 0.0739 e. The molecule has 0 spiro atoms. The molecule has 170 valence electrons. The number of benzene rings is 1. The van der Waals surface area contributed by atoms with Crippen LogP contribution in [0.5, 0.6) is 0 Å². The second-order valence-corrected chi connectivity index (χ2v) is 7.71. The zero-order chi connectivity index (χ0) is 22.2. The number of hydrogen-bond donors (Lipinski definition) is 2. The monoisotopic (exact) mass is 408 g/mol. The van der Waals surface area contributed by atoms with Crippen LogP contribution in [-0.4, -0.2) is 20.2 Å². The topological polar surface area (TPSA) is 101 Å². The molecule has 5 heteroatoms. The fourth-order valence-corrected chi connectivity index (χ4v) is 2.80. The predicted molar refractivity (Wildman–Crippen MR) is 123 cm³/mol. The summed E-state index contributed by atoms with van der Waals surface area (Å²) in [5.41, 5.74) is 9.02. The van der Waals surface area contributed by atoms with E-state index in [1.165, 1.54) is 82.6 Å². The molecular formula is C24H49BN2O2. The summed E-state index contributed by atoms with van der Waals surface area (Å²) in [4.78, 5) is 0. The molecule has 0 aliphatic carbocycles. The highest BCUT2D eigenvalue weighted by molar-refractivity contribution is 6.55. The van der Waals surface area contributed by atoms with Crippen LogP contribution in [0, 0.1) is 0 Å². The van der Waals surface area contributed by atoms with Crippen LogP contribution >= 0.6 is 0 Å². The minimum atomic E-state index is -1.85. The van der Waals surface area contributed by atoms with E-state index in [2.05, 4.69) is 32.2 Å². The second kappa shape index (κ2) is 25.2. The van der Waals surface area contributed by atoms with Crippen molar-refractivity contribution >= 4 is 12.6 Å². The average molecular weight is 408 g/mol. The van der Waals surface area contributed by atoms with Gasteiger partial charge in [-0.1, -0.05) is 97.1 Å². The summed E-state index contributed by atoms with van der Waals surface area (Å²) in [5.74, 6) is 0. The van der Waals surface area contributed by atoms with Crippen LogP contribution in [0.3, 0.4) is 0 Å². The fourth-order valence-electron chi connectivity index (χ4n) is 2.80. The highest BCUT2D eigenvalue weighted by Gasteiger charge is 1.94. The third-order valence-electron chi connectivity index (χ3n) is 4.78. The van der Waals surface area contributed by atoms with Gasteiger partial charge in [0.05, 0.1) is 13.1 Å². The Kier molecular flexibility index (Phi) is 26.3. The van der Waals surface area contributed by atoms with Gasteiger partial charge in [0.15, 0.2) is 0 Å². The lowest BCUT2D eigenvalue weighted by molar-refractivity contribution is -0.368. The molecule has 0 aromatic heterocycles. The molecule has 1 aromatic rings. The maximum atomic E-state index is 10.6. The molecule has 1 rings (SSSR count). The molecule has 0 heterocycles. The summed E-state index contributed by atoms with van der Waals surface area (Å²) in [5, 5.41) is 21.3. The molecule has 0 amide bonds. The fraction of sp³-hybridized carbons (Fsp3) is 0.750. The Morgan fingerprint density at radius 2 is 1.03 bits per heavy atom. The highest BCUT2D eigenvalue weighted by Crippen LogP contribution is 2.09. The van der Waals surface area contributed by atoms with E-state index in [0.29, 0.717) is 5.46 Å². The Morgan fingerprint density at radius 1 is 0.621 bits per heavy atom. The summed E-state index contributed by atoms with van der Waals surface area (Å²) in [6.07, 6.45) is 16.7. The number of quaternary nitrogens is 2. The van der Waals surface area contributed by atoms with Gasteiger partial charge in [0.1, 0.15) is 0 Å². The molecule has 0 saturated carbocycles. The standard InChI is InChI=1S/C14H21BO2.2C5H13N/c1-2-3-4-5-6-7-8-13-9-11-14(12-10-13)15(16)17;2*1-2-3-4-5-6/h9-12H,2-8H2,1H3;2*2-6H2,1H3/q-2;;/p+2. The largest absolute Gasteiger partial charge is 0.889 e. The van der Waals surface area contributed by atoms with Crippen molar-refractivity contribution in [3.63, 3.8) is 0 Å². The zero-order valence-electron chi connectivity index (χ0n) is 19.7. The van der Waals surface area contributed by atoms with E-state index >= 15 is 0 Å². The molecule has 0 aliphatic heterocycles. The molecule has 1 aromatic carbocycles. The van der Waals surface area contributed by atoms with Crippen LogP contribution in [0.25, 0.3) is 0 Å². The van der Waals surface area contributed by atoms with E-state index in [0.717, 1.165) is 19.5 Å². The average Bonchev–Trinajstić information content (AvgIpc) is 2.74. The van der Waals surface area contributed by atoms with Gasteiger partial charge >= 0.3 is 0 Å². The lowest BCUT2D eigenvalue weighted by atomic mass is 9.80. The first-order chi connectivity index (χ1) is 14.1. The Bertz CT molecular complexity index is 398. The number of aryl methyl sites for hydroxylation is 1. The normalized spacial score (nSPS) is 9.90. The summed E-state index contributed by atoms with van der Waals surface area (Å²) in [6.45, 7) is 8.84. The summed E-state index contributed by atoms with van der Waals surface area (Å²) in [7, 11) is -1.85. The second-order valence-electron chi connectivity index (χ2n) is 7.71. The van der Waals surface area contributed by atoms with Crippen LogP contribution in [0.1, 0.15) is 103 Å². The van der Waals surface area contributed by atoms with Gasteiger partial charge in [0, 0.05) is 0 Å². The Labute approximate surface area is 181 Å². The molecule has 0 unspecified atom stereocenters. The van der Waals surface area contributed by atoms with Gasteiger partial charge < -0.3 is 21.5 Å². The smallest absolute Gasteiger partial charge is 0.0739 e. The maximum absolute atomic E-state index is 10.6. The Morgan fingerprint density at radius 3 is 1.41 bits per heavy atom. The lowest BCUT2D eigenvalue weighted by Crippen LogP contribution is -2.55. The van der Waals surface area contributed by atoms with E-state index in [-0.39, 0.29) is 0 Å². The minimum absolute atomic E-state index is 0.344. The third-order valence-corrected chi connectivity index (χ3v) is 4.78. The molecule has 0 radical (unpaired) electrons. The van der Waals surface area contributed by atoms with Gasteiger partial charge in [-0.25, -0.2) is 0 Å². The Hall–Kier alpha value is -0.875.